The van der Waals surface area contributed by atoms with Crippen LogP contribution in [0, 0.1) is 0 Å². The number of ether oxygens (including phenoxy) is 1. The van der Waals surface area contributed by atoms with Gasteiger partial charge >= 0.3 is 0 Å². The topological polar surface area (TPSA) is 35.2 Å². The molecule has 0 saturated heterocycles. The number of methoxy groups -OCH3 is 1. The number of rotatable bonds is 4. The average Bonchev–Trinajstić information content (AvgIpc) is 2.68. The van der Waals surface area contributed by atoms with Crippen molar-refractivity contribution in [1.29, 1.82) is 0 Å². The molecular formula is C21H35NO. The second-order valence-electron chi connectivity index (χ2n) is 4.00. The molecule has 0 amide bonds. The minimum Gasteiger partial charge on any atom is -0.375 e. The smallest absolute Gasteiger partial charge is 0.101 e. The zero-order valence-corrected chi connectivity index (χ0v) is 15.9. The molecule has 0 spiro atoms. The molecule has 2 aromatic carbocycles. The van der Waals surface area contributed by atoms with Crippen LogP contribution in [0.4, 0.5) is 0 Å². The summed E-state index contributed by atoms with van der Waals surface area (Å²) in [6.07, 6.45) is -0.112. The van der Waals surface area contributed by atoms with Gasteiger partial charge in [-0.25, -0.2) is 0 Å². The van der Waals surface area contributed by atoms with E-state index in [9.17, 15) is 0 Å². The molecule has 0 aromatic heterocycles. The first-order chi connectivity index (χ1) is 11.3. The highest BCUT2D eigenvalue weighted by Crippen LogP contribution is 2.29. The molecule has 0 radical (unpaired) electrons. The predicted octanol–water partition coefficient (Wildman–Crippen LogP) is 6.15. The first-order valence-corrected chi connectivity index (χ1v) is 8.71. The van der Waals surface area contributed by atoms with E-state index in [0.717, 1.165) is 11.1 Å². The van der Waals surface area contributed by atoms with Gasteiger partial charge in [-0.05, 0) is 11.1 Å². The molecule has 0 saturated carbocycles. The Morgan fingerprint density at radius 1 is 0.652 bits per heavy atom. The van der Waals surface area contributed by atoms with Crippen LogP contribution in [0.3, 0.4) is 0 Å². The minimum absolute atomic E-state index is 0.112. The molecule has 0 heterocycles. The monoisotopic (exact) mass is 317 g/mol. The largest absolute Gasteiger partial charge is 0.375 e. The molecule has 130 valence electrons. The lowest BCUT2D eigenvalue weighted by molar-refractivity contribution is 0.0802. The molecule has 2 nitrogen and oxygen atoms in total. The van der Waals surface area contributed by atoms with E-state index in [1.165, 1.54) is 0 Å². The summed E-state index contributed by atoms with van der Waals surface area (Å²) in [7, 11) is 1.69. The third kappa shape index (κ3) is 8.53. The summed E-state index contributed by atoms with van der Waals surface area (Å²) in [6, 6.07) is 19.9. The van der Waals surface area contributed by atoms with E-state index >= 15 is 0 Å². The highest BCUT2D eigenvalue weighted by Gasteiger charge is 2.20. The van der Waals surface area contributed by atoms with Gasteiger partial charge in [-0.15, -0.1) is 0 Å². The molecule has 0 fully saturated rings. The van der Waals surface area contributed by atoms with E-state index in [-0.39, 0.29) is 12.1 Å². The van der Waals surface area contributed by atoms with E-state index in [2.05, 4.69) is 0 Å². The second kappa shape index (κ2) is 16.7. The fourth-order valence-corrected chi connectivity index (χ4v) is 1.98. The Morgan fingerprint density at radius 2 is 1.00 bits per heavy atom. The van der Waals surface area contributed by atoms with Crippen LogP contribution in [0.1, 0.15) is 64.8 Å². The van der Waals surface area contributed by atoms with Gasteiger partial charge < -0.3 is 10.5 Å². The maximum Gasteiger partial charge on any atom is 0.101 e. The fourth-order valence-electron chi connectivity index (χ4n) is 1.98. The Morgan fingerprint density at radius 3 is 1.35 bits per heavy atom. The molecule has 23 heavy (non-hydrogen) atoms. The van der Waals surface area contributed by atoms with Crippen molar-refractivity contribution < 1.29 is 4.74 Å². The zero-order valence-electron chi connectivity index (χ0n) is 15.9. The van der Waals surface area contributed by atoms with Crippen molar-refractivity contribution in [3.8, 4) is 0 Å². The Labute approximate surface area is 143 Å². The van der Waals surface area contributed by atoms with E-state index in [0.29, 0.717) is 0 Å². The van der Waals surface area contributed by atoms with Crippen LogP contribution < -0.4 is 5.73 Å². The van der Waals surface area contributed by atoms with Gasteiger partial charge in [0, 0.05) is 7.11 Å². The number of hydrogen-bond donors (Lipinski definition) is 1. The summed E-state index contributed by atoms with van der Waals surface area (Å²) in [5.74, 6) is 0. The summed E-state index contributed by atoms with van der Waals surface area (Å²) in [5.41, 5.74) is 8.45. The number of nitrogens with two attached hydrogens (primary N) is 1. The van der Waals surface area contributed by atoms with Crippen LogP contribution in [0.25, 0.3) is 0 Å². The van der Waals surface area contributed by atoms with Crippen molar-refractivity contribution in [2.24, 2.45) is 5.73 Å². The molecule has 2 heteroatoms. The van der Waals surface area contributed by atoms with Crippen molar-refractivity contribution in [1.82, 2.24) is 0 Å². The molecule has 0 aliphatic rings. The number of benzene rings is 2. The van der Waals surface area contributed by atoms with Gasteiger partial charge in [0.25, 0.3) is 0 Å². The molecule has 2 rings (SSSR count). The van der Waals surface area contributed by atoms with Crippen LogP contribution in [0.2, 0.25) is 0 Å². The Bertz CT molecular complexity index is 442. The van der Waals surface area contributed by atoms with E-state index in [1.54, 1.807) is 7.11 Å². The highest BCUT2D eigenvalue weighted by atomic mass is 16.5. The molecule has 2 N–H and O–H groups in total. The van der Waals surface area contributed by atoms with Gasteiger partial charge in [0.05, 0.1) is 6.04 Å². The average molecular weight is 318 g/mol. The summed E-state index contributed by atoms with van der Waals surface area (Å²) >= 11 is 0. The maximum atomic E-state index is 6.26. The van der Waals surface area contributed by atoms with Gasteiger partial charge in [0.2, 0.25) is 0 Å². The second-order valence-corrected chi connectivity index (χ2v) is 4.00. The normalized spacial score (nSPS) is 11.3. The van der Waals surface area contributed by atoms with Crippen LogP contribution in [-0.4, -0.2) is 7.11 Å². The van der Waals surface area contributed by atoms with Gasteiger partial charge in [0.15, 0.2) is 0 Å². The predicted molar refractivity (Wildman–Crippen MR) is 104 cm³/mol. The molecule has 2 aromatic rings. The highest BCUT2D eigenvalue weighted by molar-refractivity contribution is 5.25. The van der Waals surface area contributed by atoms with Crippen molar-refractivity contribution in [2.45, 2.75) is 53.7 Å². The molecule has 2 atom stereocenters. The summed E-state index contributed by atoms with van der Waals surface area (Å²) in [5, 5.41) is 0. The fraction of sp³-hybridized carbons (Fsp3) is 0.429. The summed E-state index contributed by atoms with van der Waals surface area (Å²) in [4.78, 5) is 0. The van der Waals surface area contributed by atoms with Crippen LogP contribution >= 0.6 is 0 Å². The Kier molecular flexibility index (Phi) is 17.2. The zero-order chi connectivity index (χ0) is 18.1. The Hall–Kier alpha value is -1.64. The lowest BCUT2D eigenvalue weighted by Gasteiger charge is -2.23. The van der Waals surface area contributed by atoms with Crippen molar-refractivity contribution in [3.63, 3.8) is 0 Å². The number of hydrogen-bond acceptors (Lipinski definition) is 2. The molecule has 0 bridgehead atoms. The first-order valence-electron chi connectivity index (χ1n) is 8.71. The minimum atomic E-state index is -0.149. The summed E-state index contributed by atoms with van der Waals surface area (Å²) < 4.78 is 5.53. The maximum absolute atomic E-state index is 6.26. The van der Waals surface area contributed by atoms with Gasteiger partial charge in [-0.2, -0.15) is 0 Å². The van der Waals surface area contributed by atoms with Gasteiger partial charge in [-0.3, -0.25) is 0 Å². The van der Waals surface area contributed by atoms with Crippen molar-refractivity contribution in [3.05, 3.63) is 71.8 Å². The van der Waals surface area contributed by atoms with Gasteiger partial charge in [0.1, 0.15) is 6.10 Å². The van der Waals surface area contributed by atoms with Gasteiger partial charge in [-0.1, -0.05) is 102 Å². The third-order valence-corrected chi connectivity index (χ3v) is 2.89. The third-order valence-electron chi connectivity index (χ3n) is 2.89. The van der Waals surface area contributed by atoms with Crippen LogP contribution in [-0.2, 0) is 4.74 Å². The van der Waals surface area contributed by atoms with Crippen molar-refractivity contribution >= 4 is 0 Å². The SMILES string of the molecule is CC.CC.CC.CO[C@H](c1ccccc1)[C@@H](N)c1ccccc1. The van der Waals surface area contributed by atoms with E-state index < -0.39 is 0 Å². The van der Waals surface area contributed by atoms with Crippen LogP contribution in [0.15, 0.2) is 60.7 Å². The van der Waals surface area contributed by atoms with Crippen LogP contribution in [0.5, 0.6) is 0 Å². The van der Waals surface area contributed by atoms with E-state index in [4.69, 9.17) is 10.5 Å². The molecule has 0 aliphatic heterocycles. The standard InChI is InChI=1S/C15H17NO.3C2H6/c1-17-15(13-10-6-3-7-11-13)14(16)12-8-4-2-5-9-12;3*1-2/h2-11,14-15H,16H2,1H3;3*1-2H3/t14-,15+;;;/m0.../s1. The Balaban J connectivity index is 0. The van der Waals surface area contributed by atoms with E-state index in [1.807, 2.05) is 102 Å². The molecule has 0 unspecified atom stereocenters. The first kappa shape index (κ1) is 23.6. The van der Waals surface area contributed by atoms with Crippen molar-refractivity contribution in [2.75, 3.05) is 7.11 Å². The lowest BCUT2D eigenvalue weighted by atomic mass is 9.96. The molecule has 0 aliphatic carbocycles. The quantitative estimate of drug-likeness (QED) is 0.733. The molecular weight excluding hydrogens is 282 g/mol. The lowest BCUT2D eigenvalue weighted by Crippen LogP contribution is -2.21. The summed E-state index contributed by atoms with van der Waals surface area (Å²) in [6.45, 7) is 12.0.